The quantitative estimate of drug-likeness (QED) is 0.754. The molecule has 1 heterocycles. The van der Waals surface area contributed by atoms with E-state index < -0.39 is 6.03 Å². The number of nitrogens with two attached hydrogens (primary N) is 2. The number of hydrogen-bond acceptors (Lipinski definition) is 4. The predicted octanol–water partition coefficient (Wildman–Crippen LogP) is 0.654. The van der Waals surface area contributed by atoms with Crippen LogP contribution in [-0.4, -0.2) is 25.0 Å². The number of primary amides is 1. The summed E-state index contributed by atoms with van der Waals surface area (Å²) in [6.45, 7) is 2.87. The van der Waals surface area contributed by atoms with E-state index >= 15 is 0 Å². The standard InChI is InChI=1S/C14H20N4O2/c1-9(15)10-4-5-12-11(7-10)3-2-6-18(12)8-13(19)17-14(16)20/h4-5,7,9H,2-3,6,8,15H2,1H3,(H3,16,17,19,20). The minimum Gasteiger partial charge on any atom is -0.362 e. The zero-order valence-electron chi connectivity index (χ0n) is 11.6. The van der Waals surface area contributed by atoms with Crippen molar-refractivity contribution in [3.8, 4) is 0 Å². The number of anilines is 1. The van der Waals surface area contributed by atoms with Crippen LogP contribution < -0.4 is 21.7 Å². The van der Waals surface area contributed by atoms with Crippen LogP contribution in [0.15, 0.2) is 18.2 Å². The highest BCUT2D eigenvalue weighted by molar-refractivity contribution is 5.95. The van der Waals surface area contributed by atoms with Crippen molar-refractivity contribution in [2.75, 3.05) is 18.0 Å². The number of benzene rings is 1. The van der Waals surface area contributed by atoms with Crippen molar-refractivity contribution in [1.29, 1.82) is 0 Å². The summed E-state index contributed by atoms with van der Waals surface area (Å²) >= 11 is 0. The van der Waals surface area contributed by atoms with Gasteiger partial charge < -0.3 is 16.4 Å². The number of carbonyl (C=O) groups is 2. The molecule has 0 spiro atoms. The van der Waals surface area contributed by atoms with Gasteiger partial charge in [0.15, 0.2) is 0 Å². The number of rotatable bonds is 3. The molecule has 0 bridgehead atoms. The number of carbonyl (C=O) groups excluding carboxylic acids is 2. The van der Waals surface area contributed by atoms with Gasteiger partial charge in [-0.15, -0.1) is 0 Å². The molecule has 0 fully saturated rings. The zero-order chi connectivity index (χ0) is 14.7. The fourth-order valence-electron chi connectivity index (χ4n) is 2.49. The van der Waals surface area contributed by atoms with Crippen molar-refractivity contribution in [1.82, 2.24) is 5.32 Å². The van der Waals surface area contributed by atoms with Crippen LogP contribution in [0.1, 0.15) is 30.5 Å². The average Bonchev–Trinajstić information content (AvgIpc) is 2.37. The molecule has 0 saturated carbocycles. The fourth-order valence-corrected chi connectivity index (χ4v) is 2.49. The Morgan fingerprint density at radius 1 is 1.45 bits per heavy atom. The highest BCUT2D eigenvalue weighted by atomic mass is 16.2. The molecule has 2 rings (SSSR count). The minimum atomic E-state index is -0.820. The van der Waals surface area contributed by atoms with Crippen molar-refractivity contribution in [3.63, 3.8) is 0 Å². The van der Waals surface area contributed by atoms with Crippen LogP contribution in [-0.2, 0) is 11.2 Å². The Morgan fingerprint density at radius 3 is 2.85 bits per heavy atom. The lowest BCUT2D eigenvalue weighted by molar-refractivity contribution is -0.118. The van der Waals surface area contributed by atoms with Crippen LogP contribution in [0, 0.1) is 0 Å². The second-order valence-electron chi connectivity index (χ2n) is 5.11. The molecule has 20 heavy (non-hydrogen) atoms. The second kappa shape index (κ2) is 5.92. The molecule has 1 aliphatic rings. The molecular formula is C14H20N4O2. The summed E-state index contributed by atoms with van der Waals surface area (Å²) < 4.78 is 0. The highest BCUT2D eigenvalue weighted by Crippen LogP contribution is 2.29. The first-order chi connectivity index (χ1) is 9.47. The van der Waals surface area contributed by atoms with E-state index in [0.29, 0.717) is 0 Å². The van der Waals surface area contributed by atoms with E-state index in [4.69, 9.17) is 11.5 Å². The van der Waals surface area contributed by atoms with Crippen molar-refractivity contribution >= 4 is 17.6 Å². The van der Waals surface area contributed by atoms with Gasteiger partial charge in [-0.1, -0.05) is 12.1 Å². The van der Waals surface area contributed by atoms with Gasteiger partial charge in [-0.2, -0.15) is 0 Å². The molecule has 1 aromatic carbocycles. The number of nitrogens with one attached hydrogen (secondary N) is 1. The summed E-state index contributed by atoms with van der Waals surface area (Å²) in [6, 6.07) is 5.24. The normalized spacial score (nSPS) is 15.4. The molecule has 5 N–H and O–H groups in total. The predicted molar refractivity (Wildman–Crippen MR) is 77.3 cm³/mol. The third kappa shape index (κ3) is 3.27. The summed E-state index contributed by atoms with van der Waals surface area (Å²) in [4.78, 5) is 24.3. The van der Waals surface area contributed by atoms with Gasteiger partial charge in [0.05, 0.1) is 6.54 Å². The van der Waals surface area contributed by atoms with Crippen LogP contribution in [0.2, 0.25) is 0 Å². The smallest absolute Gasteiger partial charge is 0.318 e. The lowest BCUT2D eigenvalue weighted by atomic mass is 9.97. The lowest BCUT2D eigenvalue weighted by Crippen LogP contribution is -2.43. The van der Waals surface area contributed by atoms with Crippen LogP contribution in [0.5, 0.6) is 0 Å². The zero-order valence-corrected chi connectivity index (χ0v) is 11.6. The minimum absolute atomic E-state index is 0.00571. The van der Waals surface area contributed by atoms with Crippen molar-refractivity contribution in [2.24, 2.45) is 11.5 Å². The monoisotopic (exact) mass is 276 g/mol. The van der Waals surface area contributed by atoms with Crippen LogP contribution in [0.4, 0.5) is 10.5 Å². The molecule has 1 aromatic rings. The maximum atomic E-state index is 11.6. The molecule has 1 unspecified atom stereocenters. The molecule has 108 valence electrons. The van der Waals surface area contributed by atoms with Crippen molar-refractivity contribution in [3.05, 3.63) is 29.3 Å². The number of hydrogen-bond donors (Lipinski definition) is 3. The average molecular weight is 276 g/mol. The maximum absolute atomic E-state index is 11.6. The van der Waals surface area contributed by atoms with Gasteiger partial charge in [0, 0.05) is 18.3 Å². The number of aryl methyl sites for hydroxylation is 1. The van der Waals surface area contributed by atoms with Gasteiger partial charge in [-0.25, -0.2) is 4.79 Å². The molecule has 6 nitrogen and oxygen atoms in total. The molecule has 6 heteroatoms. The third-order valence-corrected chi connectivity index (χ3v) is 3.44. The second-order valence-corrected chi connectivity index (χ2v) is 5.11. The summed E-state index contributed by atoms with van der Waals surface area (Å²) in [7, 11) is 0. The molecular weight excluding hydrogens is 256 g/mol. The van der Waals surface area contributed by atoms with Crippen LogP contribution >= 0.6 is 0 Å². The SMILES string of the molecule is CC(N)c1ccc2c(c1)CCCN2CC(=O)NC(N)=O. The number of urea groups is 1. The van der Waals surface area contributed by atoms with Gasteiger partial charge >= 0.3 is 6.03 Å². The van der Waals surface area contributed by atoms with Gasteiger partial charge in [0.25, 0.3) is 0 Å². The van der Waals surface area contributed by atoms with E-state index in [1.54, 1.807) is 0 Å². The van der Waals surface area contributed by atoms with E-state index in [-0.39, 0.29) is 18.5 Å². The van der Waals surface area contributed by atoms with E-state index in [2.05, 4.69) is 11.4 Å². The molecule has 3 amide bonds. The summed E-state index contributed by atoms with van der Waals surface area (Å²) in [5, 5.41) is 2.09. The molecule has 1 aliphatic heterocycles. The Hall–Kier alpha value is -2.08. The maximum Gasteiger partial charge on any atom is 0.318 e. The third-order valence-electron chi connectivity index (χ3n) is 3.44. The molecule has 0 saturated heterocycles. The first-order valence-corrected chi connectivity index (χ1v) is 6.70. The lowest BCUT2D eigenvalue weighted by Gasteiger charge is -2.31. The Balaban J connectivity index is 2.16. The van der Waals surface area contributed by atoms with Crippen LogP contribution in [0.3, 0.4) is 0 Å². The van der Waals surface area contributed by atoms with Crippen LogP contribution in [0.25, 0.3) is 0 Å². The van der Waals surface area contributed by atoms with Gasteiger partial charge in [0.2, 0.25) is 5.91 Å². The first kappa shape index (κ1) is 14.3. The number of imide groups is 1. The number of nitrogens with zero attached hydrogens (tertiary/aromatic N) is 1. The number of amides is 3. The van der Waals surface area contributed by atoms with Gasteiger partial charge in [-0.3, -0.25) is 10.1 Å². The fraction of sp³-hybridized carbons (Fsp3) is 0.429. The van der Waals surface area contributed by atoms with E-state index in [1.165, 1.54) is 5.56 Å². The Morgan fingerprint density at radius 2 is 2.20 bits per heavy atom. The molecule has 0 aromatic heterocycles. The molecule has 0 radical (unpaired) electrons. The van der Waals surface area contributed by atoms with Gasteiger partial charge in [-0.05, 0) is 37.0 Å². The summed E-state index contributed by atoms with van der Waals surface area (Å²) in [5.74, 6) is -0.387. The van der Waals surface area contributed by atoms with E-state index in [9.17, 15) is 9.59 Å². The van der Waals surface area contributed by atoms with Gasteiger partial charge in [0.1, 0.15) is 0 Å². The Kier molecular flexibility index (Phi) is 4.24. The Labute approximate surface area is 118 Å². The topological polar surface area (TPSA) is 101 Å². The Bertz CT molecular complexity index is 528. The molecule has 0 aliphatic carbocycles. The van der Waals surface area contributed by atoms with E-state index in [0.717, 1.165) is 30.6 Å². The summed E-state index contributed by atoms with van der Waals surface area (Å²) in [6.07, 6.45) is 1.95. The summed E-state index contributed by atoms with van der Waals surface area (Å²) in [5.41, 5.74) is 14.1. The number of fused-ring (bicyclic) bond motifs is 1. The van der Waals surface area contributed by atoms with Crippen molar-refractivity contribution in [2.45, 2.75) is 25.8 Å². The highest BCUT2D eigenvalue weighted by Gasteiger charge is 2.20. The first-order valence-electron chi connectivity index (χ1n) is 6.70. The largest absolute Gasteiger partial charge is 0.362 e. The molecule has 1 atom stereocenters. The van der Waals surface area contributed by atoms with E-state index in [1.807, 2.05) is 24.0 Å². The van der Waals surface area contributed by atoms with Crippen molar-refractivity contribution < 1.29 is 9.59 Å².